The molecular formula is C5H7N3O2S. The average molecular weight is 173 g/mol. The maximum Gasteiger partial charge on any atom is 0.311 e. The van der Waals surface area contributed by atoms with Crippen molar-refractivity contribution >= 4 is 10.5 Å². The van der Waals surface area contributed by atoms with Gasteiger partial charge < -0.3 is 4.98 Å². The van der Waals surface area contributed by atoms with E-state index in [0.717, 1.165) is 5.69 Å². The first-order valence-corrected chi connectivity index (χ1v) is 4.07. The SMILES string of the molecule is O=S(=O)=NCCc1c[nH]cn1. The summed E-state index contributed by atoms with van der Waals surface area (Å²) in [5.41, 5.74) is 0.819. The van der Waals surface area contributed by atoms with Crippen LogP contribution in [0.2, 0.25) is 0 Å². The molecule has 1 aromatic rings. The smallest absolute Gasteiger partial charge is 0.311 e. The Labute approximate surface area is 65.2 Å². The molecule has 1 aromatic heterocycles. The van der Waals surface area contributed by atoms with E-state index in [1.165, 1.54) is 0 Å². The van der Waals surface area contributed by atoms with Gasteiger partial charge in [-0.2, -0.15) is 12.8 Å². The largest absolute Gasteiger partial charge is 0.351 e. The van der Waals surface area contributed by atoms with Gasteiger partial charge in [0.15, 0.2) is 0 Å². The Morgan fingerprint density at radius 1 is 1.64 bits per heavy atom. The lowest BCUT2D eigenvalue weighted by molar-refractivity contribution is 0.620. The van der Waals surface area contributed by atoms with Crippen molar-refractivity contribution in [2.24, 2.45) is 4.36 Å². The third-order valence-corrected chi connectivity index (χ3v) is 1.51. The number of rotatable bonds is 3. The lowest BCUT2D eigenvalue weighted by Crippen LogP contribution is -1.88. The van der Waals surface area contributed by atoms with E-state index in [1.54, 1.807) is 12.5 Å². The van der Waals surface area contributed by atoms with E-state index in [2.05, 4.69) is 14.3 Å². The van der Waals surface area contributed by atoms with E-state index < -0.39 is 10.5 Å². The summed E-state index contributed by atoms with van der Waals surface area (Å²) < 4.78 is 23.1. The zero-order valence-corrected chi connectivity index (χ0v) is 6.50. The van der Waals surface area contributed by atoms with Gasteiger partial charge in [-0.15, -0.1) is 0 Å². The minimum atomic E-state index is -2.29. The molecular weight excluding hydrogens is 166 g/mol. The predicted molar refractivity (Wildman–Crippen MR) is 38.5 cm³/mol. The van der Waals surface area contributed by atoms with E-state index in [9.17, 15) is 8.42 Å². The number of H-pyrrole nitrogens is 1. The second-order valence-corrected chi connectivity index (χ2v) is 2.57. The van der Waals surface area contributed by atoms with Gasteiger partial charge in [0.25, 0.3) is 0 Å². The first-order valence-electron chi connectivity index (χ1n) is 3.03. The zero-order chi connectivity index (χ0) is 8.10. The third-order valence-electron chi connectivity index (χ3n) is 1.12. The molecule has 0 fully saturated rings. The van der Waals surface area contributed by atoms with Crippen LogP contribution in [0.3, 0.4) is 0 Å². The van der Waals surface area contributed by atoms with Gasteiger partial charge in [0.05, 0.1) is 18.6 Å². The fourth-order valence-electron chi connectivity index (χ4n) is 0.662. The van der Waals surface area contributed by atoms with Gasteiger partial charge in [-0.1, -0.05) is 0 Å². The molecule has 0 spiro atoms. The number of hydrogen-bond acceptors (Lipinski definition) is 4. The molecule has 0 radical (unpaired) electrons. The van der Waals surface area contributed by atoms with Crippen LogP contribution in [-0.4, -0.2) is 24.9 Å². The van der Waals surface area contributed by atoms with E-state index in [1.807, 2.05) is 0 Å². The summed E-state index contributed by atoms with van der Waals surface area (Å²) in [6.07, 6.45) is 3.81. The first-order chi connectivity index (χ1) is 5.29. The molecule has 1 N–H and O–H groups in total. The summed E-state index contributed by atoms with van der Waals surface area (Å²) in [5.74, 6) is 0. The molecule has 6 heteroatoms. The van der Waals surface area contributed by atoms with Crippen LogP contribution in [0.25, 0.3) is 0 Å². The lowest BCUT2D eigenvalue weighted by Gasteiger charge is -1.85. The van der Waals surface area contributed by atoms with Crippen molar-refractivity contribution in [3.8, 4) is 0 Å². The molecule has 0 bridgehead atoms. The molecule has 0 aliphatic carbocycles. The monoisotopic (exact) mass is 173 g/mol. The van der Waals surface area contributed by atoms with Gasteiger partial charge >= 0.3 is 10.5 Å². The quantitative estimate of drug-likeness (QED) is 0.699. The van der Waals surface area contributed by atoms with E-state index >= 15 is 0 Å². The minimum Gasteiger partial charge on any atom is -0.351 e. The summed E-state index contributed by atoms with van der Waals surface area (Å²) in [4.78, 5) is 6.66. The van der Waals surface area contributed by atoms with Crippen LogP contribution >= 0.6 is 0 Å². The van der Waals surface area contributed by atoms with Crippen molar-refractivity contribution in [1.29, 1.82) is 0 Å². The third kappa shape index (κ3) is 2.94. The highest BCUT2D eigenvalue weighted by Gasteiger charge is 1.91. The van der Waals surface area contributed by atoms with Crippen molar-refractivity contribution in [2.75, 3.05) is 6.54 Å². The summed E-state index contributed by atoms with van der Waals surface area (Å²) in [7, 11) is -2.29. The maximum absolute atomic E-state index is 9.93. The Kier molecular flexibility index (Phi) is 2.79. The fourth-order valence-corrected chi connectivity index (χ4v) is 0.903. The lowest BCUT2D eigenvalue weighted by atomic mass is 10.3. The highest BCUT2D eigenvalue weighted by Crippen LogP contribution is 1.91. The van der Waals surface area contributed by atoms with E-state index in [-0.39, 0.29) is 6.54 Å². The number of imidazole rings is 1. The van der Waals surface area contributed by atoms with Crippen LogP contribution in [-0.2, 0) is 16.9 Å². The predicted octanol–water partition coefficient (Wildman–Crippen LogP) is 0.0149. The van der Waals surface area contributed by atoms with Gasteiger partial charge in [0.1, 0.15) is 0 Å². The van der Waals surface area contributed by atoms with Crippen molar-refractivity contribution < 1.29 is 8.42 Å². The summed E-state index contributed by atoms with van der Waals surface area (Å²) >= 11 is 0. The molecule has 0 saturated carbocycles. The Morgan fingerprint density at radius 3 is 3.00 bits per heavy atom. The summed E-state index contributed by atoms with van der Waals surface area (Å²) in [6.45, 7) is 0.265. The molecule has 11 heavy (non-hydrogen) atoms. The van der Waals surface area contributed by atoms with Gasteiger partial charge in [-0.25, -0.2) is 4.98 Å². The molecule has 0 saturated heterocycles. The maximum atomic E-state index is 9.93. The van der Waals surface area contributed by atoms with Crippen molar-refractivity contribution in [2.45, 2.75) is 6.42 Å². The molecule has 0 aliphatic rings. The Balaban J connectivity index is 2.41. The topological polar surface area (TPSA) is 75.2 Å². The van der Waals surface area contributed by atoms with Crippen LogP contribution in [0, 0.1) is 0 Å². The van der Waals surface area contributed by atoms with Crippen LogP contribution in [0.4, 0.5) is 0 Å². The standard InChI is InChI=1S/C5H7N3O2S/c9-11(10)8-2-1-5-3-6-4-7-5/h3-4H,1-2H2,(H,6,7). The van der Waals surface area contributed by atoms with Crippen molar-refractivity contribution in [3.05, 3.63) is 18.2 Å². The molecule has 0 aromatic carbocycles. The van der Waals surface area contributed by atoms with Gasteiger partial charge in [0, 0.05) is 12.6 Å². The number of aromatic amines is 1. The number of nitrogens with one attached hydrogen (secondary N) is 1. The van der Waals surface area contributed by atoms with Gasteiger partial charge in [0.2, 0.25) is 0 Å². The molecule has 60 valence electrons. The van der Waals surface area contributed by atoms with E-state index in [4.69, 9.17) is 0 Å². The average Bonchev–Trinajstić information content (AvgIpc) is 2.39. The minimum absolute atomic E-state index is 0.265. The van der Waals surface area contributed by atoms with E-state index in [0.29, 0.717) is 6.42 Å². The molecule has 0 amide bonds. The number of nitrogens with zero attached hydrogens (tertiary/aromatic N) is 2. The van der Waals surface area contributed by atoms with Crippen LogP contribution < -0.4 is 0 Å². The highest BCUT2D eigenvalue weighted by atomic mass is 32.2. The Morgan fingerprint density at radius 2 is 2.45 bits per heavy atom. The molecule has 1 heterocycles. The van der Waals surface area contributed by atoms with Crippen molar-refractivity contribution in [3.63, 3.8) is 0 Å². The molecule has 0 aliphatic heterocycles. The van der Waals surface area contributed by atoms with Gasteiger partial charge in [-0.05, 0) is 0 Å². The second kappa shape index (κ2) is 3.87. The van der Waals surface area contributed by atoms with Crippen LogP contribution in [0.1, 0.15) is 5.69 Å². The molecule has 5 nitrogen and oxygen atoms in total. The molecule has 0 unspecified atom stereocenters. The van der Waals surface area contributed by atoms with Crippen molar-refractivity contribution in [1.82, 2.24) is 9.97 Å². The summed E-state index contributed by atoms with van der Waals surface area (Å²) in [5, 5.41) is 0. The number of aromatic nitrogens is 2. The number of hydrogen-bond donors (Lipinski definition) is 1. The van der Waals surface area contributed by atoms with Crippen LogP contribution in [0.5, 0.6) is 0 Å². The normalized spacial score (nSPS) is 9.45. The van der Waals surface area contributed by atoms with Crippen LogP contribution in [0.15, 0.2) is 16.9 Å². The molecule has 0 atom stereocenters. The molecule has 1 rings (SSSR count). The first kappa shape index (κ1) is 7.93. The van der Waals surface area contributed by atoms with Gasteiger partial charge in [-0.3, -0.25) is 0 Å². The Hall–Kier alpha value is -1.17. The Bertz CT molecular complexity index is 319. The zero-order valence-electron chi connectivity index (χ0n) is 5.69. The fraction of sp³-hybridized carbons (Fsp3) is 0.400. The summed E-state index contributed by atoms with van der Waals surface area (Å²) in [6, 6.07) is 0. The highest BCUT2D eigenvalue weighted by molar-refractivity contribution is 7.61. The second-order valence-electron chi connectivity index (χ2n) is 1.88.